The fraction of sp³-hybridized carbons (Fsp3) is 0.286. The normalized spacial score (nSPS) is 15.0. The van der Waals surface area contributed by atoms with Crippen LogP contribution in [0.5, 0.6) is 0 Å². The van der Waals surface area contributed by atoms with Gasteiger partial charge in [-0.3, -0.25) is 4.79 Å². The summed E-state index contributed by atoms with van der Waals surface area (Å²) in [6, 6.07) is 15.9. The van der Waals surface area contributed by atoms with Crippen molar-refractivity contribution >= 4 is 28.3 Å². The van der Waals surface area contributed by atoms with E-state index in [1.807, 2.05) is 47.9 Å². The second-order valence-electron chi connectivity index (χ2n) is 6.74. The topological polar surface area (TPSA) is 71.8 Å². The molecule has 1 aliphatic heterocycles. The molecule has 1 saturated heterocycles. The summed E-state index contributed by atoms with van der Waals surface area (Å²) >= 11 is 0. The molecule has 144 valence electrons. The van der Waals surface area contributed by atoms with Crippen LogP contribution in [0, 0.1) is 0 Å². The molecule has 2 heterocycles. The maximum Gasteiger partial charge on any atom is 0.260 e. The molecule has 0 atom stereocenters. The summed E-state index contributed by atoms with van der Waals surface area (Å²) in [5, 5.41) is 4.25. The summed E-state index contributed by atoms with van der Waals surface area (Å²) in [4.78, 5) is 18.9. The molecular weight excluding hydrogens is 354 g/mol. The van der Waals surface area contributed by atoms with E-state index in [-0.39, 0.29) is 12.5 Å². The van der Waals surface area contributed by atoms with Gasteiger partial charge in [0.2, 0.25) is 0 Å². The summed E-state index contributed by atoms with van der Waals surface area (Å²) in [6.07, 6.45) is 1.67. The van der Waals surface area contributed by atoms with Crippen LogP contribution in [0.15, 0.2) is 60.0 Å². The van der Waals surface area contributed by atoms with Crippen LogP contribution in [0.1, 0.15) is 12.5 Å². The first-order valence-electron chi connectivity index (χ1n) is 9.37. The van der Waals surface area contributed by atoms with Crippen LogP contribution >= 0.6 is 0 Å². The molecule has 1 amide bonds. The lowest BCUT2D eigenvalue weighted by molar-refractivity contribution is -0.121. The van der Waals surface area contributed by atoms with E-state index in [2.05, 4.69) is 32.5 Å². The number of amides is 1. The molecular formula is C21H23N5O2. The van der Waals surface area contributed by atoms with Gasteiger partial charge in [0.15, 0.2) is 0 Å². The van der Waals surface area contributed by atoms with E-state index in [0.717, 1.165) is 48.6 Å². The van der Waals surface area contributed by atoms with Crippen LogP contribution in [0.25, 0.3) is 11.0 Å². The highest BCUT2D eigenvalue weighted by Gasteiger charge is 2.11. The van der Waals surface area contributed by atoms with Crippen molar-refractivity contribution in [2.45, 2.75) is 13.5 Å². The number of ether oxygens (including phenoxy) is 1. The summed E-state index contributed by atoms with van der Waals surface area (Å²) in [7, 11) is 0. The van der Waals surface area contributed by atoms with Crippen molar-refractivity contribution in [1.29, 1.82) is 0 Å². The number of rotatable bonds is 5. The van der Waals surface area contributed by atoms with Crippen molar-refractivity contribution < 1.29 is 9.53 Å². The van der Waals surface area contributed by atoms with E-state index in [4.69, 9.17) is 4.74 Å². The number of benzene rings is 2. The van der Waals surface area contributed by atoms with E-state index in [0.29, 0.717) is 0 Å². The summed E-state index contributed by atoms with van der Waals surface area (Å²) < 4.78 is 7.20. The predicted molar refractivity (Wildman–Crippen MR) is 110 cm³/mol. The third kappa shape index (κ3) is 4.04. The number of aromatic nitrogens is 2. The molecule has 1 aromatic heterocycles. The molecule has 3 aromatic rings. The molecule has 4 rings (SSSR count). The number of carbonyl (C=O) groups excluding carboxylic acids is 1. The Hall–Kier alpha value is -3.19. The zero-order valence-corrected chi connectivity index (χ0v) is 15.8. The minimum absolute atomic E-state index is 0.174. The van der Waals surface area contributed by atoms with Gasteiger partial charge in [0.05, 0.1) is 36.3 Å². The van der Waals surface area contributed by atoms with Crippen LogP contribution in [0.4, 0.5) is 5.69 Å². The zero-order valence-electron chi connectivity index (χ0n) is 15.8. The highest BCUT2D eigenvalue weighted by Crippen LogP contribution is 2.17. The molecule has 1 fully saturated rings. The number of hydrogen-bond acceptors (Lipinski definition) is 5. The number of nitrogens with one attached hydrogen (secondary N) is 1. The molecule has 7 nitrogen and oxygen atoms in total. The molecule has 28 heavy (non-hydrogen) atoms. The summed E-state index contributed by atoms with van der Waals surface area (Å²) in [5.74, 6) is -0.188. The molecule has 2 aromatic carbocycles. The number of para-hydroxylation sites is 2. The summed E-state index contributed by atoms with van der Waals surface area (Å²) in [6.45, 7) is 5.40. The SMILES string of the molecule is C/C(=N/NC(=O)Cn1cnc2ccccc21)c1ccc(N2CCOCC2)cc1. The average molecular weight is 377 g/mol. The van der Waals surface area contributed by atoms with E-state index in [1.165, 1.54) is 5.69 Å². The first kappa shape index (κ1) is 18.2. The van der Waals surface area contributed by atoms with Gasteiger partial charge in [-0.25, -0.2) is 10.4 Å². The van der Waals surface area contributed by atoms with Crippen molar-refractivity contribution in [2.24, 2.45) is 5.10 Å². The number of anilines is 1. The van der Waals surface area contributed by atoms with Gasteiger partial charge in [-0.2, -0.15) is 5.10 Å². The minimum Gasteiger partial charge on any atom is -0.378 e. The van der Waals surface area contributed by atoms with Gasteiger partial charge < -0.3 is 14.2 Å². The van der Waals surface area contributed by atoms with Gasteiger partial charge in [-0.05, 0) is 36.8 Å². The van der Waals surface area contributed by atoms with Gasteiger partial charge in [0.1, 0.15) is 6.54 Å². The van der Waals surface area contributed by atoms with E-state index in [9.17, 15) is 4.79 Å². The Balaban J connectivity index is 1.37. The maximum atomic E-state index is 12.3. The van der Waals surface area contributed by atoms with Gasteiger partial charge in [0, 0.05) is 18.8 Å². The fourth-order valence-corrected chi connectivity index (χ4v) is 3.27. The molecule has 1 N–H and O–H groups in total. The standard InChI is InChI=1S/C21H23N5O2/c1-16(17-6-8-18(9-7-17)25-10-12-28-13-11-25)23-24-21(27)14-26-15-22-19-4-2-3-5-20(19)26/h2-9,15H,10-14H2,1H3,(H,24,27)/b23-16-. The van der Waals surface area contributed by atoms with Crippen molar-refractivity contribution in [3.63, 3.8) is 0 Å². The third-order valence-corrected chi connectivity index (χ3v) is 4.85. The molecule has 0 saturated carbocycles. The van der Waals surface area contributed by atoms with Crippen molar-refractivity contribution in [2.75, 3.05) is 31.2 Å². The number of hydrogen-bond donors (Lipinski definition) is 1. The first-order valence-corrected chi connectivity index (χ1v) is 9.37. The van der Waals surface area contributed by atoms with Gasteiger partial charge >= 0.3 is 0 Å². The van der Waals surface area contributed by atoms with Gasteiger partial charge in [-0.1, -0.05) is 24.3 Å². The molecule has 0 unspecified atom stereocenters. The van der Waals surface area contributed by atoms with Crippen molar-refractivity contribution in [3.8, 4) is 0 Å². The Morgan fingerprint density at radius 2 is 1.89 bits per heavy atom. The third-order valence-electron chi connectivity index (χ3n) is 4.85. The van der Waals surface area contributed by atoms with E-state index < -0.39 is 0 Å². The Morgan fingerprint density at radius 3 is 2.68 bits per heavy atom. The second kappa shape index (κ2) is 8.22. The molecule has 0 radical (unpaired) electrons. The largest absolute Gasteiger partial charge is 0.378 e. The Morgan fingerprint density at radius 1 is 1.14 bits per heavy atom. The number of fused-ring (bicyclic) bond motifs is 1. The zero-order chi connectivity index (χ0) is 19.3. The van der Waals surface area contributed by atoms with Crippen LogP contribution in [-0.2, 0) is 16.1 Å². The smallest absolute Gasteiger partial charge is 0.260 e. The average Bonchev–Trinajstić information content (AvgIpc) is 3.15. The van der Waals surface area contributed by atoms with Crippen LogP contribution < -0.4 is 10.3 Å². The second-order valence-corrected chi connectivity index (χ2v) is 6.74. The number of nitrogens with zero attached hydrogens (tertiary/aromatic N) is 4. The Kier molecular flexibility index (Phi) is 5.34. The summed E-state index contributed by atoms with van der Waals surface area (Å²) in [5.41, 5.74) is 7.35. The van der Waals surface area contributed by atoms with Crippen LogP contribution in [0.2, 0.25) is 0 Å². The van der Waals surface area contributed by atoms with E-state index in [1.54, 1.807) is 6.33 Å². The van der Waals surface area contributed by atoms with Crippen molar-refractivity contribution in [1.82, 2.24) is 15.0 Å². The number of hydrazone groups is 1. The highest BCUT2D eigenvalue weighted by atomic mass is 16.5. The first-order chi connectivity index (χ1) is 13.7. The maximum absolute atomic E-state index is 12.3. The molecule has 7 heteroatoms. The highest BCUT2D eigenvalue weighted by molar-refractivity contribution is 5.99. The monoisotopic (exact) mass is 377 g/mol. The number of morpholine rings is 1. The minimum atomic E-state index is -0.188. The number of carbonyl (C=O) groups is 1. The van der Waals surface area contributed by atoms with Crippen LogP contribution in [-0.4, -0.2) is 47.5 Å². The van der Waals surface area contributed by atoms with Crippen molar-refractivity contribution in [3.05, 3.63) is 60.4 Å². The Bertz CT molecular complexity index is 987. The molecule has 0 spiro atoms. The fourth-order valence-electron chi connectivity index (χ4n) is 3.27. The number of imidazole rings is 1. The molecule has 0 aliphatic carbocycles. The lowest BCUT2D eigenvalue weighted by atomic mass is 10.1. The van der Waals surface area contributed by atoms with Gasteiger partial charge in [-0.15, -0.1) is 0 Å². The van der Waals surface area contributed by atoms with Gasteiger partial charge in [0.25, 0.3) is 5.91 Å². The lowest BCUT2D eigenvalue weighted by Gasteiger charge is -2.28. The quantitative estimate of drug-likeness (QED) is 0.548. The lowest BCUT2D eigenvalue weighted by Crippen LogP contribution is -2.36. The Labute approximate surface area is 163 Å². The van der Waals surface area contributed by atoms with Crippen LogP contribution in [0.3, 0.4) is 0 Å². The molecule has 0 bridgehead atoms. The van der Waals surface area contributed by atoms with E-state index >= 15 is 0 Å². The molecule has 1 aliphatic rings. The predicted octanol–water partition coefficient (Wildman–Crippen LogP) is 2.41.